The Labute approximate surface area is 153 Å². The van der Waals surface area contributed by atoms with Crippen LogP contribution < -0.4 is 5.69 Å². The standard InChI is InChI=1S/C20H16F2N4O/c1-11-4-3-7-23-16(11)10-26-17-8-13(9-24-19(17)25-20(26)27)14-5-6-15(21)12(2)18(14)22/h3-9H,10H2,1-2H3,(H,24,25,27). The van der Waals surface area contributed by atoms with Crippen molar-refractivity contribution in [2.45, 2.75) is 20.4 Å². The van der Waals surface area contributed by atoms with Crippen molar-refractivity contribution in [3.63, 3.8) is 0 Å². The number of imidazole rings is 1. The lowest BCUT2D eigenvalue weighted by molar-refractivity contribution is 0.570. The Morgan fingerprint density at radius 1 is 1.15 bits per heavy atom. The molecule has 4 aromatic rings. The van der Waals surface area contributed by atoms with Gasteiger partial charge in [-0.15, -0.1) is 0 Å². The summed E-state index contributed by atoms with van der Waals surface area (Å²) in [6.45, 7) is 3.57. The van der Waals surface area contributed by atoms with Gasteiger partial charge in [0.2, 0.25) is 0 Å². The van der Waals surface area contributed by atoms with Crippen LogP contribution in [0.15, 0.2) is 47.5 Å². The molecule has 3 aromatic heterocycles. The van der Waals surface area contributed by atoms with E-state index in [2.05, 4.69) is 15.0 Å². The zero-order chi connectivity index (χ0) is 19.1. The third-order valence-corrected chi connectivity index (χ3v) is 4.69. The second-order valence-electron chi connectivity index (χ2n) is 6.41. The van der Waals surface area contributed by atoms with Crippen molar-refractivity contribution in [3.05, 3.63) is 81.7 Å². The topological polar surface area (TPSA) is 63.6 Å². The Balaban J connectivity index is 1.87. The Morgan fingerprint density at radius 2 is 1.96 bits per heavy atom. The fourth-order valence-electron chi connectivity index (χ4n) is 3.06. The minimum Gasteiger partial charge on any atom is -0.290 e. The van der Waals surface area contributed by atoms with Gasteiger partial charge in [-0.25, -0.2) is 18.6 Å². The van der Waals surface area contributed by atoms with Crippen LogP contribution in [0.3, 0.4) is 0 Å². The molecule has 136 valence electrons. The van der Waals surface area contributed by atoms with Gasteiger partial charge in [0.15, 0.2) is 5.65 Å². The molecule has 0 saturated carbocycles. The first kappa shape index (κ1) is 17.1. The summed E-state index contributed by atoms with van der Waals surface area (Å²) < 4.78 is 29.6. The van der Waals surface area contributed by atoms with Gasteiger partial charge in [0.05, 0.1) is 17.8 Å². The number of nitrogens with zero attached hydrogens (tertiary/aromatic N) is 3. The summed E-state index contributed by atoms with van der Waals surface area (Å²) in [7, 11) is 0. The molecule has 0 unspecified atom stereocenters. The Bertz CT molecular complexity index is 1230. The number of benzene rings is 1. The summed E-state index contributed by atoms with van der Waals surface area (Å²) >= 11 is 0. The molecule has 1 aromatic carbocycles. The lowest BCUT2D eigenvalue weighted by Gasteiger charge is -2.08. The maximum absolute atomic E-state index is 14.5. The van der Waals surface area contributed by atoms with Crippen molar-refractivity contribution < 1.29 is 8.78 Å². The van der Waals surface area contributed by atoms with E-state index in [9.17, 15) is 13.6 Å². The van der Waals surface area contributed by atoms with Crippen LogP contribution in [-0.2, 0) is 6.54 Å². The van der Waals surface area contributed by atoms with Gasteiger partial charge in [0.1, 0.15) is 11.6 Å². The molecular weight excluding hydrogens is 350 g/mol. The zero-order valence-corrected chi connectivity index (χ0v) is 14.8. The van der Waals surface area contributed by atoms with E-state index in [4.69, 9.17) is 0 Å². The summed E-state index contributed by atoms with van der Waals surface area (Å²) in [6.07, 6.45) is 3.13. The lowest BCUT2D eigenvalue weighted by Crippen LogP contribution is -2.18. The number of pyridine rings is 2. The van der Waals surface area contributed by atoms with Crippen molar-refractivity contribution in [1.29, 1.82) is 0 Å². The van der Waals surface area contributed by atoms with E-state index in [1.165, 1.54) is 29.8 Å². The third-order valence-electron chi connectivity index (χ3n) is 4.69. The van der Waals surface area contributed by atoms with Crippen molar-refractivity contribution in [3.8, 4) is 11.1 Å². The average molecular weight is 366 g/mol. The number of nitrogens with one attached hydrogen (secondary N) is 1. The normalized spacial score (nSPS) is 11.3. The molecule has 0 spiro atoms. The first-order valence-corrected chi connectivity index (χ1v) is 8.39. The molecule has 0 saturated heterocycles. The molecule has 5 nitrogen and oxygen atoms in total. The molecule has 4 rings (SSSR count). The highest BCUT2D eigenvalue weighted by Crippen LogP contribution is 2.27. The van der Waals surface area contributed by atoms with E-state index >= 15 is 0 Å². The van der Waals surface area contributed by atoms with Gasteiger partial charge >= 0.3 is 5.69 Å². The highest BCUT2D eigenvalue weighted by Gasteiger charge is 2.15. The summed E-state index contributed by atoms with van der Waals surface area (Å²) in [5.41, 5.74) is 2.98. The molecule has 0 fully saturated rings. The minimum atomic E-state index is -0.638. The van der Waals surface area contributed by atoms with E-state index in [1.54, 1.807) is 12.3 Å². The van der Waals surface area contributed by atoms with Crippen LogP contribution in [0.2, 0.25) is 0 Å². The predicted octanol–water partition coefficient (Wildman–Crippen LogP) is 3.73. The minimum absolute atomic E-state index is 0.0526. The maximum Gasteiger partial charge on any atom is 0.328 e. The maximum atomic E-state index is 14.5. The highest BCUT2D eigenvalue weighted by atomic mass is 19.1. The molecule has 3 heterocycles. The van der Waals surface area contributed by atoms with Crippen LogP contribution in [-0.4, -0.2) is 19.5 Å². The molecule has 0 radical (unpaired) electrons. The summed E-state index contributed by atoms with van der Waals surface area (Å²) in [5, 5.41) is 0. The lowest BCUT2D eigenvalue weighted by atomic mass is 10.0. The van der Waals surface area contributed by atoms with Crippen LogP contribution in [0, 0.1) is 25.5 Å². The van der Waals surface area contributed by atoms with Gasteiger partial charge in [-0.1, -0.05) is 6.07 Å². The van der Waals surface area contributed by atoms with E-state index in [-0.39, 0.29) is 23.4 Å². The number of halogens is 2. The van der Waals surface area contributed by atoms with E-state index in [0.29, 0.717) is 16.7 Å². The van der Waals surface area contributed by atoms with E-state index < -0.39 is 11.6 Å². The molecular formula is C20H16F2N4O. The van der Waals surface area contributed by atoms with Crippen LogP contribution in [0.4, 0.5) is 8.78 Å². The quantitative estimate of drug-likeness (QED) is 0.601. The molecule has 0 aliphatic heterocycles. The number of rotatable bonds is 3. The van der Waals surface area contributed by atoms with Gasteiger partial charge in [-0.2, -0.15) is 0 Å². The largest absolute Gasteiger partial charge is 0.328 e. The zero-order valence-electron chi connectivity index (χ0n) is 14.8. The molecule has 0 atom stereocenters. The number of fused-ring (bicyclic) bond motifs is 1. The molecule has 0 bridgehead atoms. The fraction of sp³-hybridized carbons (Fsp3) is 0.150. The van der Waals surface area contributed by atoms with E-state index in [1.807, 2.05) is 19.1 Å². The summed E-state index contributed by atoms with van der Waals surface area (Å²) in [6, 6.07) is 8.02. The SMILES string of the molecule is Cc1cccnc1Cn1c(=O)[nH]c2ncc(-c3ccc(F)c(C)c3F)cc21. The number of hydrogen-bond acceptors (Lipinski definition) is 3. The number of aromatic nitrogens is 4. The number of aryl methyl sites for hydroxylation is 1. The van der Waals surface area contributed by atoms with Gasteiger partial charge < -0.3 is 0 Å². The molecule has 1 N–H and O–H groups in total. The van der Waals surface area contributed by atoms with Crippen LogP contribution in [0.1, 0.15) is 16.8 Å². The average Bonchev–Trinajstić information content (AvgIpc) is 2.96. The second-order valence-corrected chi connectivity index (χ2v) is 6.41. The van der Waals surface area contributed by atoms with Crippen molar-refractivity contribution in [2.75, 3.05) is 0 Å². The first-order valence-electron chi connectivity index (χ1n) is 8.39. The first-order chi connectivity index (χ1) is 13.0. The third kappa shape index (κ3) is 2.91. The van der Waals surface area contributed by atoms with Gasteiger partial charge in [0, 0.05) is 29.1 Å². The second kappa shape index (κ2) is 6.42. The van der Waals surface area contributed by atoms with Crippen molar-refractivity contribution >= 4 is 11.2 Å². The molecule has 0 aliphatic rings. The molecule has 0 amide bonds. The van der Waals surface area contributed by atoms with Gasteiger partial charge in [0.25, 0.3) is 0 Å². The number of H-pyrrole nitrogens is 1. The predicted molar refractivity (Wildman–Crippen MR) is 98.5 cm³/mol. The monoisotopic (exact) mass is 366 g/mol. The Morgan fingerprint density at radius 3 is 2.74 bits per heavy atom. The Hall–Kier alpha value is -3.35. The highest BCUT2D eigenvalue weighted by molar-refractivity contribution is 5.78. The van der Waals surface area contributed by atoms with Crippen molar-refractivity contribution in [2.24, 2.45) is 0 Å². The van der Waals surface area contributed by atoms with Crippen LogP contribution >= 0.6 is 0 Å². The smallest absolute Gasteiger partial charge is 0.290 e. The molecule has 27 heavy (non-hydrogen) atoms. The van der Waals surface area contributed by atoms with Crippen LogP contribution in [0.25, 0.3) is 22.3 Å². The molecule has 0 aliphatic carbocycles. The Kier molecular flexibility index (Phi) is 4.07. The molecule has 7 heteroatoms. The summed E-state index contributed by atoms with van der Waals surface area (Å²) in [4.78, 5) is 23.6. The van der Waals surface area contributed by atoms with Gasteiger partial charge in [-0.05, 0) is 43.7 Å². The summed E-state index contributed by atoms with van der Waals surface area (Å²) in [5.74, 6) is -1.24. The fourth-order valence-corrected chi connectivity index (χ4v) is 3.06. The van der Waals surface area contributed by atoms with Crippen molar-refractivity contribution in [1.82, 2.24) is 19.5 Å². The van der Waals surface area contributed by atoms with Crippen LogP contribution in [0.5, 0.6) is 0 Å². The number of hydrogen-bond donors (Lipinski definition) is 1. The van der Waals surface area contributed by atoms with Gasteiger partial charge in [-0.3, -0.25) is 14.5 Å². The number of aromatic amines is 1. The van der Waals surface area contributed by atoms with E-state index in [0.717, 1.165) is 11.3 Å².